The Labute approximate surface area is 121 Å². The van der Waals surface area contributed by atoms with E-state index in [-0.39, 0.29) is 11.3 Å². The SMILES string of the molecule is CS(=O)(=O)Cc1cccc(C(=O)OCC(=O)NC(N)=O)c1. The van der Waals surface area contributed by atoms with Crippen LogP contribution in [-0.2, 0) is 25.1 Å². The molecule has 0 fully saturated rings. The van der Waals surface area contributed by atoms with Gasteiger partial charge in [-0.1, -0.05) is 12.1 Å². The molecule has 1 aromatic rings. The largest absolute Gasteiger partial charge is 0.452 e. The maximum absolute atomic E-state index is 11.7. The molecule has 0 aliphatic rings. The number of carbonyl (C=O) groups is 3. The molecule has 0 aromatic heterocycles. The molecular formula is C12H14N2O6S. The van der Waals surface area contributed by atoms with Crippen molar-refractivity contribution in [2.75, 3.05) is 12.9 Å². The summed E-state index contributed by atoms with van der Waals surface area (Å²) in [6.07, 6.45) is 1.08. The number of benzene rings is 1. The second kappa shape index (κ2) is 6.84. The molecule has 8 nitrogen and oxygen atoms in total. The normalized spacial score (nSPS) is 10.7. The van der Waals surface area contributed by atoms with Gasteiger partial charge < -0.3 is 10.5 Å². The Hall–Kier alpha value is -2.42. The predicted molar refractivity (Wildman–Crippen MR) is 73.0 cm³/mol. The summed E-state index contributed by atoms with van der Waals surface area (Å²) >= 11 is 0. The first-order chi connectivity index (χ1) is 9.67. The maximum Gasteiger partial charge on any atom is 0.338 e. The summed E-state index contributed by atoms with van der Waals surface area (Å²) in [6, 6.07) is 4.78. The summed E-state index contributed by atoms with van der Waals surface area (Å²) in [5.41, 5.74) is 5.25. The number of amides is 3. The van der Waals surface area contributed by atoms with Crippen molar-refractivity contribution in [2.45, 2.75) is 5.75 Å². The van der Waals surface area contributed by atoms with Gasteiger partial charge in [0.25, 0.3) is 5.91 Å². The lowest BCUT2D eigenvalue weighted by Gasteiger charge is -2.06. The summed E-state index contributed by atoms with van der Waals surface area (Å²) < 4.78 is 27.0. The molecule has 1 aromatic carbocycles. The van der Waals surface area contributed by atoms with Crippen LogP contribution in [0.1, 0.15) is 15.9 Å². The van der Waals surface area contributed by atoms with Gasteiger partial charge in [0.2, 0.25) is 0 Å². The smallest absolute Gasteiger partial charge is 0.338 e. The zero-order chi connectivity index (χ0) is 16.0. The van der Waals surface area contributed by atoms with Gasteiger partial charge in [-0.2, -0.15) is 0 Å². The molecular weight excluding hydrogens is 300 g/mol. The zero-order valence-electron chi connectivity index (χ0n) is 11.2. The third kappa shape index (κ3) is 6.52. The van der Waals surface area contributed by atoms with Gasteiger partial charge in [-0.05, 0) is 17.7 Å². The molecule has 0 unspecified atom stereocenters. The Morgan fingerprint density at radius 3 is 2.52 bits per heavy atom. The van der Waals surface area contributed by atoms with E-state index in [1.165, 1.54) is 18.2 Å². The summed E-state index contributed by atoms with van der Waals surface area (Å²) in [5.74, 6) is -1.89. The summed E-state index contributed by atoms with van der Waals surface area (Å²) in [6.45, 7) is -0.669. The lowest BCUT2D eigenvalue weighted by molar-refractivity contribution is -0.123. The van der Waals surface area contributed by atoms with Crippen LogP contribution < -0.4 is 11.1 Å². The number of primary amides is 1. The summed E-state index contributed by atoms with van der Waals surface area (Å²) in [4.78, 5) is 33.2. The number of hydrogen-bond donors (Lipinski definition) is 2. The molecule has 0 aliphatic carbocycles. The number of nitrogens with one attached hydrogen (secondary N) is 1. The molecule has 0 spiro atoms. The van der Waals surface area contributed by atoms with E-state index < -0.39 is 34.4 Å². The van der Waals surface area contributed by atoms with E-state index in [1.54, 1.807) is 11.4 Å². The zero-order valence-corrected chi connectivity index (χ0v) is 12.0. The fourth-order valence-electron chi connectivity index (χ4n) is 1.48. The molecule has 0 aliphatic heterocycles. The van der Waals surface area contributed by atoms with Crippen LogP contribution in [0.25, 0.3) is 0 Å². The van der Waals surface area contributed by atoms with E-state index in [0.29, 0.717) is 5.56 Å². The Balaban J connectivity index is 2.68. The van der Waals surface area contributed by atoms with Crippen LogP contribution in [0.2, 0.25) is 0 Å². The number of sulfone groups is 1. The van der Waals surface area contributed by atoms with Crippen LogP contribution in [0.3, 0.4) is 0 Å². The second-order valence-corrected chi connectivity index (χ2v) is 6.40. The topological polar surface area (TPSA) is 133 Å². The molecule has 9 heteroatoms. The second-order valence-electron chi connectivity index (χ2n) is 4.26. The standard InChI is InChI=1S/C12H14N2O6S/c1-21(18,19)7-8-3-2-4-9(5-8)11(16)20-6-10(15)14-12(13)17/h2-5H,6-7H2,1H3,(H3,13,14,15,17). The molecule has 0 heterocycles. The monoisotopic (exact) mass is 314 g/mol. The van der Waals surface area contributed by atoms with Crippen molar-refractivity contribution in [1.29, 1.82) is 0 Å². The summed E-state index contributed by atoms with van der Waals surface area (Å²) in [5, 5.41) is 1.74. The van der Waals surface area contributed by atoms with Crippen molar-refractivity contribution in [2.24, 2.45) is 5.73 Å². The van der Waals surface area contributed by atoms with Gasteiger partial charge in [0.1, 0.15) is 0 Å². The van der Waals surface area contributed by atoms with E-state index in [4.69, 9.17) is 5.73 Å². The van der Waals surface area contributed by atoms with Gasteiger partial charge in [0, 0.05) is 6.26 Å². The van der Waals surface area contributed by atoms with Crippen LogP contribution in [0.5, 0.6) is 0 Å². The first-order valence-corrected chi connectivity index (χ1v) is 7.76. The fraction of sp³-hybridized carbons (Fsp3) is 0.250. The average molecular weight is 314 g/mol. The van der Waals surface area contributed by atoms with Gasteiger partial charge in [0.15, 0.2) is 16.4 Å². The average Bonchev–Trinajstić information content (AvgIpc) is 2.33. The number of esters is 1. The highest BCUT2D eigenvalue weighted by Crippen LogP contribution is 2.10. The van der Waals surface area contributed by atoms with Crippen molar-refractivity contribution in [3.63, 3.8) is 0 Å². The van der Waals surface area contributed by atoms with Gasteiger partial charge in [-0.15, -0.1) is 0 Å². The highest BCUT2D eigenvalue weighted by molar-refractivity contribution is 7.89. The third-order valence-electron chi connectivity index (χ3n) is 2.19. The molecule has 0 saturated carbocycles. The Morgan fingerprint density at radius 2 is 1.95 bits per heavy atom. The van der Waals surface area contributed by atoms with Crippen LogP contribution >= 0.6 is 0 Å². The number of ether oxygens (including phenoxy) is 1. The van der Waals surface area contributed by atoms with E-state index in [2.05, 4.69) is 4.74 Å². The van der Waals surface area contributed by atoms with Crippen molar-refractivity contribution in [3.8, 4) is 0 Å². The minimum absolute atomic E-state index is 0.100. The minimum Gasteiger partial charge on any atom is -0.452 e. The molecule has 21 heavy (non-hydrogen) atoms. The minimum atomic E-state index is -3.23. The van der Waals surface area contributed by atoms with Gasteiger partial charge in [-0.25, -0.2) is 18.0 Å². The lowest BCUT2D eigenvalue weighted by Crippen LogP contribution is -2.37. The Morgan fingerprint density at radius 1 is 1.29 bits per heavy atom. The highest BCUT2D eigenvalue weighted by atomic mass is 32.2. The molecule has 114 valence electrons. The van der Waals surface area contributed by atoms with E-state index >= 15 is 0 Å². The van der Waals surface area contributed by atoms with Crippen LogP contribution in [0.4, 0.5) is 4.79 Å². The van der Waals surface area contributed by atoms with Crippen molar-refractivity contribution < 1.29 is 27.5 Å². The van der Waals surface area contributed by atoms with Crippen LogP contribution in [0.15, 0.2) is 24.3 Å². The van der Waals surface area contributed by atoms with E-state index in [1.807, 2.05) is 0 Å². The quantitative estimate of drug-likeness (QED) is 0.709. The number of hydrogen-bond acceptors (Lipinski definition) is 6. The maximum atomic E-state index is 11.7. The predicted octanol–water partition coefficient (Wildman–Crippen LogP) is -0.417. The first kappa shape index (κ1) is 16.6. The van der Waals surface area contributed by atoms with Crippen molar-refractivity contribution in [1.82, 2.24) is 5.32 Å². The van der Waals surface area contributed by atoms with E-state index in [9.17, 15) is 22.8 Å². The van der Waals surface area contributed by atoms with E-state index in [0.717, 1.165) is 6.26 Å². The van der Waals surface area contributed by atoms with Gasteiger partial charge in [-0.3, -0.25) is 10.1 Å². The molecule has 0 radical (unpaired) electrons. The summed E-state index contributed by atoms with van der Waals surface area (Å²) in [7, 11) is -3.23. The number of imide groups is 1. The third-order valence-corrected chi connectivity index (χ3v) is 3.05. The Bertz CT molecular complexity index is 668. The number of urea groups is 1. The van der Waals surface area contributed by atoms with Crippen molar-refractivity contribution >= 4 is 27.7 Å². The first-order valence-electron chi connectivity index (χ1n) is 5.70. The van der Waals surface area contributed by atoms with Crippen molar-refractivity contribution in [3.05, 3.63) is 35.4 Å². The molecule has 3 amide bonds. The highest BCUT2D eigenvalue weighted by Gasteiger charge is 2.13. The molecule has 0 atom stereocenters. The molecule has 0 saturated heterocycles. The molecule has 1 rings (SSSR count). The molecule has 0 bridgehead atoms. The number of carbonyl (C=O) groups excluding carboxylic acids is 3. The Kier molecular flexibility index (Phi) is 5.42. The van der Waals surface area contributed by atoms with Gasteiger partial charge >= 0.3 is 12.0 Å². The van der Waals surface area contributed by atoms with Crippen LogP contribution in [-0.4, -0.2) is 39.2 Å². The number of rotatable bonds is 5. The fourth-order valence-corrected chi connectivity index (χ4v) is 2.26. The van der Waals surface area contributed by atoms with Gasteiger partial charge in [0.05, 0.1) is 11.3 Å². The number of nitrogens with two attached hydrogens (primary N) is 1. The molecule has 3 N–H and O–H groups in total. The van der Waals surface area contributed by atoms with Crippen LogP contribution in [0, 0.1) is 0 Å². The lowest BCUT2D eigenvalue weighted by atomic mass is 10.1.